The van der Waals surface area contributed by atoms with Gasteiger partial charge in [0.1, 0.15) is 0 Å². The molecule has 0 unspecified atom stereocenters. The van der Waals surface area contributed by atoms with Crippen LogP contribution in [-0.4, -0.2) is 58.7 Å². The molecule has 0 aromatic rings. The number of rotatable bonds is 6. The summed E-state index contributed by atoms with van der Waals surface area (Å²) in [7, 11) is 0. The minimum Gasteiger partial charge on any atom is -0.395 e. The van der Waals surface area contributed by atoms with Crippen molar-refractivity contribution < 1.29 is 20.1 Å². The van der Waals surface area contributed by atoms with Gasteiger partial charge < -0.3 is 26.0 Å². The van der Waals surface area contributed by atoms with Gasteiger partial charge in [-0.25, -0.2) is 0 Å². The monoisotopic (exact) mass is 246 g/mol. The first-order chi connectivity index (χ1) is 8.10. The molecule has 1 amide bonds. The predicted molar refractivity (Wildman–Crippen MR) is 62.3 cm³/mol. The van der Waals surface area contributed by atoms with E-state index in [-0.39, 0.29) is 19.1 Å². The van der Waals surface area contributed by atoms with Gasteiger partial charge in [-0.3, -0.25) is 4.79 Å². The zero-order valence-electron chi connectivity index (χ0n) is 10.1. The van der Waals surface area contributed by atoms with E-state index in [4.69, 9.17) is 5.11 Å². The highest BCUT2D eigenvalue weighted by atomic mass is 16.3. The molecule has 0 aromatic carbocycles. The van der Waals surface area contributed by atoms with Crippen molar-refractivity contribution in [3.8, 4) is 0 Å². The summed E-state index contributed by atoms with van der Waals surface area (Å²) in [5.74, 6) is -0.0530. The van der Waals surface area contributed by atoms with Crippen LogP contribution in [0.15, 0.2) is 0 Å². The molecule has 0 saturated carbocycles. The Labute approximate surface area is 101 Å². The fourth-order valence-electron chi connectivity index (χ4n) is 1.94. The SMILES string of the molecule is CCCCC(=O)NC[C@H]1N[C@H](CO)[C@@H](O)[C@@H]1O. The molecule has 4 atom stereocenters. The molecule has 1 fully saturated rings. The minimum absolute atomic E-state index is 0.0530. The molecule has 0 aromatic heterocycles. The molecule has 6 heteroatoms. The number of hydrogen-bond acceptors (Lipinski definition) is 5. The second kappa shape index (κ2) is 6.90. The van der Waals surface area contributed by atoms with Gasteiger partial charge in [0.05, 0.1) is 30.9 Å². The molecule has 0 aliphatic carbocycles. The van der Waals surface area contributed by atoms with Gasteiger partial charge in [-0.15, -0.1) is 0 Å². The molecule has 1 aliphatic heterocycles. The van der Waals surface area contributed by atoms with E-state index in [1.165, 1.54) is 0 Å². The number of carbonyl (C=O) groups is 1. The first-order valence-electron chi connectivity index (χ1n) is 6.09. The number of carbonyl (C=O) groups excluding carboxylic acids is 1. The lowest BCUT2D eigenvalue weighted by molar-refractivity contribution is -0.121. The van der Waals surface area contributed by atoms with Crippen molar-refractivity contribution in [2.45, 2.75) is 50.5 Å². The predicted octanol–water partition coefficient (Wildman–Crippen LogP) is -1.65. The third-order valence-electron chi connectivity index (χ3n) is 3.08. The van der Waals surface area contributed by atoms with E-state index in [9.17, 15) is 15.0 Å². The van der Waals surface area contributed by atoms with Gasteiger partial charge in [0, 0.05) is 13.0 Å². The number of unbranched alkanes of at least 4 members (excludes halogenated alkanes) is 1. The van der Waals surface area contributed by atoms with Crippen molar-refractivity contribution in [1.29, 1.82) is 0 Å². The Morgan fingerprint density at radius 1 is 1.29 bits per heavy atom. The maximum Gasteiger partial charge on any atom is 0.220 e. The highest BCUT2D eigenvalue weighted by molar-refractivity contribution is 5.75. The molecule has 100 valence electrons. The van der Waals surface area contributed by atoms with Crippen LogP contribution in [0, 0.1) is 0 Å². The number of aliphatic hydroxyl groups is 3. The molecular formula is C11H22N2O4. The molecule has 1 saturated heterocycles. The largest absolute Gasteiger partial charge is 0.395 e. The first-order valence-corrected chi connectivity index (χ1v) is 6.09. The van der Waals surface area contributed by atoms with Crippen LogP contribution in [0.25, 0.3) is 0 Å². The summed E-state index contributed by atoms with van der Waals surface area (Å²) >= 11 is 0. The molecule has 17 heavy (non-hydrogen) atoms. The summed E-state index contributed by atoms with van der Waals surface area (Å²) in [6.45, 7) is 2.04. The van der Waals surface area contributed by atoms with Gasteiger partial charge in [-0.05, 0) is 6.42 Å². The van der Waals surface area contributed by atoms with Gasteiger partial charge in [0.15, 0.2) is 0 Å². The third-order valence-corrected chi connectivity index (χ3v) is 3.08. The minimum atomic E-state index is -0.988. The lowest BCUT2D eigenvalue weighted by Gasteiger charge is -2.16. The summed E-state index contributed by atoms with van der Waals surface area (Å²) in [6.07, 6.45) is 0.332. The lowest BCUT2D eigenvalue weighted by atomic mass is 10.1. The Balaban J connectivity index is 2.30. The van der Waals surface area contributed by atoms with Crippen LogP contribution in [-0.2, 0) is 4.79 Å². The lowest BCUT2D eigenvalue weighted by Crippen LogP contribution is -2.44. The second-order valence-corrected chi connectivity index (χ2v) is 4.45. The summed E-state index contributed by atoms with van der Waals surface area (Å²) in [4.78, 5) is 11.4. The zero-order chi connectivity index (χ0) is 12.8. The van der Waals surface area contributed by atoms with E-state index in [1.807, 2.05) is 6.92 Å². The Hall–Kier alpha value is -0.690. The number of hydrogen-bond donors (Lipinski definition) is 5. The Bertz CT molecular complexity index is 250. The van der Waals surface area contributed by atoms with Gasteiger partial charge in [0.2, 0.25) is 5.91 Å². The van der Waals surface area contributed by atoms with E-state index < -0.39 is 24.3 Å². The van der Waals surface area contributed by atoms with Crippen molar-refractivity contribution >= 4 is 5.91 Å². The molecule has 0 bridgehead atoms. The van der Waals surface area contributed by atoms with Gasteiger partial charge in [-0.2, -0.15) is 0 Å². The normalized spacial score (nSPS) is 32.7. The summed E-state index contributed by atoms with van der Waals surface area (Å²) in [5.41, 5.74) is 0. The molecule has 5 N–H and O–H groups in total. The van der Waals surface area contributed by atoms with Crippen LogP contribution in [0.5, 0.6) is 0 Å². The topological polar surface area (TPSA) is 102 Å². The van der Waals surface area contributed by atoms with Crippen LogP contribution >= 0.6 is 0 Å². The molecule has 1 aliphatic rings. The Morgan fingerprint density at radius 2 is 1.94 bits per heavy atom. The maximum atomic E-state index is 11.4. The molecule has 0 radical (unpaired) electrons. The van der Waals surface area contributed by atoms with Crippen molar-refractivity contribution in [3.63, 3.8) is 0 Å². The molecular weight excluding hydrogens is 224 g/mol. The van der Waals surface area contributed by atoms with E-state index in [2.05, 4.69) is 10.6 Å². The summed E-state index contributed by atoms with van der Waals surface area (Å²) in [5, 5.41) is 33.8. The van der Waals surface area contributed by atoms with Crippen molar-refractivity contribution in [3.05, 3.63) is 0 Å². The summed E-state index contributed by atoms with van der Waals surface area (Å²) < 4.78 is 0. The van der Waals surface area contributed by atoms with E-state index in [1.54, 1.807) is 0 Å². The van der Waals surface area contributed by atoms with E-state index in [0.29, 0.717) is 6.42 Å². The van der Waals surface area contributed by atoms with Crippen molar-refractivity contribution in [1.82, 2.24) is 10.6 Å². The smallest absolute Gasteiger partial charge is 0.220 e. The quantitative estimate of drug-likeness (QED) is 0.386. The number of nitrogens with one attached hydrogen (secondary N) is 2. The van der Waals surface area contributed by atoms with Crippen LogP contribution in [0.4, 0.5) is 0 Å². The van der Waals surface area contributed by atoms with E-state index in [0.717, 1.165) is 12.8 Å². The molecule has 1 heterocycles. The third kappa shape index (κ3) is 3.92. The van der Waals surface area contributed by atoms with Crippen LogP contribution in [0.2, 0.25) is 0 Å². The molecule has 6 nitrogen and oxygen atoms in total. The van der Waals surface area contributed by atoms with E-state index >= 15 is 0 Å². The van der Waals surface area contributed by atoms with Crippen molar-refractivity contribution in [2.75, 3.05) is 13.2 Å². The average Bonchev–Trinajstić information content (AvgIpc) is 2.61. The zero-order valence-corrected chi connectivity index (χ0v) is 10.1. The molecule has 0 spiro atoms. The highest BCUT2D eigenvalue weighted by Crippen LogP contribution is 2.13. The van der Waals surface area contributed by atoms with Crippen molar-refractivity contribution in [2.24, 2.45) is 0 Å². The Morgan fingerprint density at radius 3 is 2.47 bits per heavy atom. The first kappa shape index (κ1) is 14.4. The van der Waals surface area contributed by atoms with Gasteiger partial charge in [0.25, 0.3) is 0 Å². The van der Waals surface area contributed by atoms with Gasteiger partial charge >= 0.3 is 0 Å². The highest BCUT2D eigenvalue weighted by Gasteiger charge is 2.40. The van der Waals surface area contributed by atoms with Crippen LogP contribution in [0.3, 0.4) is 0 Å². The van der Waals surface area contributed by atoms with Gasteiger partial charge in [-0.1, -0.05) is 13.3 Å². The second-order valence-electron chi connectivity index (χ2n) is 4.45. The fourth-order valence-corrected chi connectivity index (χ4v) is 1.94. The molecule has 1 rings (SSSR count). The number of aliphatic hydroxyl groups excluding tert-OH is 3. The Kier molecular flexibility index (Phi) is 5.84. The van der Waals surface area contributed by atoms with Crippen LogP contribution in [0.1, 0.15) is 26.2 Å². The van der Waals surface area contributed by atoms with Crippen LogP contribution < -0.4 is 10.6 Å². The number of amides is 1. The maximum absolute atomic E-state index is 11.4. The average molecular weight is 246 g/mol. The summed E-state index contributed by atoms with van der Waals surface area (Å²) in [6, 6.07) is -0.935. The standard InChI is InChI=1S/C11H22N2O4/c1-2-3-4-9(15)12-5-7-10(16)11(17)8(6-14)13-7/h7-8,10-11,13-14,16-17H,2-6H2,1H3,(H,12,15)/t7-,8-,10-,11-/m1/s1. The fraction of sp³-hybridized carbons (Fsp3) is 0.909.